The summed E-state index contributed by atoms with van der Waals surface area (Å²) in [5.41, 5.74) is 0. The van der Waals surface area contributed by atoms with Crippen molar-refractivity contribution in [3.8, 4) is 0 Å². The molecule has 2 unspecified atom stereocenters. The minimum atomic E-state index is -0.853. The van der Waals surface area contributed by atoms with Gasteiger partial charge in [-0.1, -0.05) is 269 Å². The maximum Gasteiger partial charge on any atom is 0.305 e. The Labute approximate surface area is 430 Å². The van der Waals surface area contributed by atoms with E-state index in [1.807, 2.05) is 6.08 Å². The average molecular weight is 971 g/mol. The van der Waals surface area contributed by atoms with Crippen LogP contribution in [0, 0.1) is 0 Å². The van der Waals surface area contributed by atoms with Crippen LogP contribution in [-0.2, 0) is 14.3 Å². The summed E-state index contributed by atoms with van der Waals surface area (Å²) in [6.45, 7) is 4.90. The first-order valence-corrected chi connectivity index (χ1v) is 30.8. The normalized spacial score (nSPS) is 12.8. The molecule has 6 nitrogen and oxygen atoms in total. The van der Waals surface area contributed by atoms with Crippen molar-refractivity contribution in [3.05, 3.63) is 36.5 Å². The highest BCUT2D eigenvalue weighted by molar-refractivity contribution is 5.76. The second-order valence-electron chi connectivity index (χ2n) is 21.0. The number of amides is 1. The second-order valence-corrected chi connectivity index (χ2v) is 21.0. The SMILES string of the molecule is CCCCCCCCC/C=C\CCCCCCCCCC(=O)OCCCCCCCCCCC/C=C\CCCCCCCC(=O)NC(CO)C(O)/C=C/CCCCCCCCCCCCCCCC. The molecule has 0 fully saturated rings. The predicted octanol–water partition coefficient (Wildman–Crippen LogP) is 19.2. The molecule has 0 radical (unpaired) electrons. The maximum atomic E-state index is 12.5. The molecule has 2 atom stereocenters. The molecule has 0 rings (SSSR count). The van der Waals surface area contributed by atoms with Gasteiger partial charge >= 0.3 is 5.97 Å². The quantitative estimate of drug-likeness (QED) is 0.0321. The summed E-state index contributed by atoms with van der Waals surface area (Å²) in [6, 6.07) is -0.638. The standard InChI is InChI=1S/C63H119NO5/c1-3-5-7-9-11-13-15-17-19-21-25-29-33-37-41-45-49-53-57-63(68)69-58-54-50-46-42-38-34-30-26-23-22-24-28-32-36-40-44-48-52-56-62(67)64-60(59-65)61(66)55-51-47-43-39-35-31-27-20-18-16-14-12-10-8-6-4-2/h19,21,24,28,51,55,60-61,65-66H,3-18,20,22-23,25-27,29-50,52-54,56-59H2,1-2H3,(H,64,67)/b21-19-,28-24-,55-51+. The number of carbonyl (C=O) groups excluding carboxylic acids is 2. The first-order valence-electron chi connectivity index (χ1n) is 30.8. The van der Waals surface area contributed by atoms with Gasteiger partial charge in [0.2, 0.25) is 5.91 Å². The molecule has 0 bridgehead atoms. The molecule has 0 spiro atoms. The third-order valence-corrected chi connectivity index (χ3v) is 14.1. The number of carbonyl (C=O) groups is 2. The molecular weight excluding hydrogens is 851 g/mol. The van der Waals surface area contributed by atoms with Gasteiger partial charge in [0.15, 0.2) is 0 Å². The van der Waals surface area contributed by atoms with Gasteiger partial charge in [-0.25, -0.2) is 0 Å². The lowest BCUT2D eigenvalue weighted by Gasteiger charge is -2.20. The summed E-state index contributed by atoms with van der Waals surface area (Å²) in [7, 11) is 0. The fourth-order valence-electron chi connectivity index (χ4n) is 9.39. The van der Waals surface area contributed by atoms with Gasteiger partial charge in [-0.15, -0.1) is 0 Å². The Morgan fingerprint density at radius 1 is 0.391 bits per heavy atom. The van der Waals surface area contributed by atoms with Gasteiger partial charge in [-0.2, -0.15) is 0 Å². The predicted molar refractivity (Wildman–Crippen MR) is 301 cm³/mol. The third kappa shape index (κ3) is 55.2. The number of aliphatic hydroxyl groups is 2. The van der Waals surface area contributed by atoms with Gasteiger partial charge in [-0.05, 0) is 83.5 Å². The zero-order valence-electron chi connectivity index (χ0n) is 46.3. The third-order valence-electron chi connectivity index (χ3n) is 14.1. The molecule has 0 saturated carbocycles. The summed E-state index contributed by atoms with van der Waals surface area (Å²) in [5.74, 6) is -0.0819. The molecule has 0 saturated heterocycles. The number of allylic oxidation sites excluding steroid dienone is 5. The highest BCUT2D eigenvalue weighted by Crippen LogP contribution is 2.16. The summed E-state index contributed by atoms with van der Waals surface area (Å²) in [6.07, 6.45) is 73.2. The molecule has 0 heterocycles. The molecular formula is C63H119NO5. The maximum absolute atomic E-state index is 12.5. The van der Waals surface area contributed by atoms with E-state index in [1.54, 1.807) is 6.08 Å². The summed E-state index contributed by atoms with van der Waals surface area (Å²) in [4.78, 5) is 24.5. The van der Waals surface area contributed by atoms with E-state index in [-0.39, 0.29) is 18.5 Å². The fourth-order valence-corrected chi connectivity index (χ4v) is 9.39. The lowest BCUT2D eigenvalue weighted by molar-refractivity contribution is -0.143. The molecule has 0 aromatic rings. The van der Waals surface area contributed by atoms with Crippen molar-refractivity contribution in [2.75, 3.05) is 13.2 Å². The van der Waals surface area contributed by atoms with Crippen LogP contribution in [0.5, 0.6) is 0 Å². The van der Waals surface area contributed by atoms with E-state index in [2.05, 4.69) is 43.5 Å². The van der Waals surface area contributed by atoms with Crippen LogP contribution >= 0.6 is 0 Å². The Hall–Kier alpha value is -1.92. The lowest BCUT2D eigenvalue weighted by Crippen LogP contribution is -2.45. The molecule has 0 aliphatic heterocycles. The first kappa shape index (κ1) is 67.1. The molecule has 6 heteroatoms. The van der Waals surface area contributed by atoms with Crippen LogP contribution in [0.1, 0.15) is 328 Å². The Morgan fingerprint density at radius 2 is 0.681 bits per heavy atom. The number of hydrogen-bond acceptors (Lipinski definition) is 5. The molecule has 1 amide bonds. The highest BCUT2D eigenvalue weighted by Gasteiger charge is 2.18. The van der Waals surface area contributed by atoms with Gasteiger partial charge in [0.1, 0.15) is 0 Å². The smallest absolute Gasteiger partial charge is 0.305 e. The second kappa shape index (κ2) is 58.6. The van der Waals surface area contributed by atoms with Crippen LogP contribution in [0.4, 0.5) is 0 Å². The summed E-state index contributed by atoms with van der Waals surface area (Å²) >= 11 is 0. The zero-order valence-corrected chi connectivity index (χ0v) is 46.3. The summed E-state index contributed by atoms with van der Waals surface area (Å²) in [5, 5.41) is 23.1. The average Bonchev–Trinajstić information content (AvgIpc) is 3.35. The first-order chi connectivity index (χ1) is 34.0. The number of nitrogens with one attached hydrogen (secondary N) is 1. The van der Waals surface area contributed by atoms with Gasteiger partial charge in [0.25, 0.3) is 0 Å². The number of ether oxygens (including phenoxy) is 1. The van der Waals surface area contributed by atoms with E-state index in [1.165, 1.54) is 244 Å². The number of unbranched alkanes of at least 4 members (excludes halogenated alkanes) is 42. The van der Waals surface area contributed by atoms with Crippen LogP contribution in [0.25, 0.3) is 0 Å². The topological polar surface area (TPSA) is 95.9 Å². The van der Waals surface area contributed by atoms with Gasteiger partial charge in [0.05, 0.1) is 25.4 Å². The lowest BCUT2D eigenvalue weighted by atomic mass is 10.0. The highest BCUT2D eigenvalue weighted by atomic mass is 16.5. The van der Waals surface area contributed by atoms with E-state index in [0.717, 1.165) is 57.8 Å². The molecule has 0 aliphatic carbocycles. The Morgan fingerprint density at radius 3 is 1.03 bits per heavy atom. The largest absolute Gasteiger partial charge is 0.466 e. The number of aliphatic hydroxyl groups excluding tert-OH is 2. The van der Waals surface area contributed by atoms with Gasteiger partial charge in [-0.3, -0.25) is 9.59 Å². The fraction of sp³-hybridized carbons (Fsp3) is 0.873. The van der Waals surface area contributed by atoms with Crippen molar-refractivity contribution in [1.82, 2.24) is 5.32 Å². The Bertz CT molecular complexity index is 1120. The van der Waals surface area contributed by atoms with Crippen LogP contribution in [-0.4, -0.2) is 47.4 Å². The van der Waals surface area contributed by atoms with E-state index in [0.29, 0.717) is 19.4 Å². The Balaban J connectivity index is 3.46. The van der Waals surface area contributed by atoms with Gasteiger partial charge < -0.3 is 20.3 Å². The monoisotopic (exact) mass is 970 g/mol. The van der Waals surface area contributed by atoms with Crippen molar-refractivity contribution in [2.24, 2.45) is 0 Å². The minimum absolute atomic E-state index is 0.000717. The molecule has 0 aromatic heterocycles. The van der Waals surface area contributed by atoms with Crippen LogP contribution in [0.15, 0.2) is 36.5 Å². The van der Waals surface area contributed by atoms with Crippen molar-refractivity contribution < 1.29 is 24.5 Å². The van der Waals surface area contributed by atoms with Crippen LogP contribution in [0.2, 0.25) is 0 Å². The number of hydrogen-bond donors (Lipinski definition) is 3. The van der Waals surface area contributed by atoms with Crippen LogP contribution in [0.3, 0.4) is 0 Å². The van der Waals surface area contributed by atoms with E-state index in [4.69, 9.17) is 4.74 Å². The van der Waals surface area contributed by atoms with Crippen molar-refractivity contribution in [3.63, 3.8) is 0 Å². The Kier molecular flexibility index (Phi) is 57.0. The molecule has 3 N–H and O–H groups in total. The molecule has 69 heavy (non-hydrogen) atoms. The van der Waals surface area contributed by atoms with E-state index in [9.17, 15) is 19.8 Å². The molecule has 0 aliphatic rings. The minimum Gasteiger partial charge on any atom is -0.466 e. The van der Waals surface area contributed by atoms with Crippen molar-refractivity contribution in [1.29, 1.82) is 0 Å². The van der Waals surface area contributed by atoms with Gasteiger partial charge in [0, 0.05) is 12.8 Å². The van der Waals surface area contributed by atoms with Crippen molar-refractivity contribution in [2.45, 2.75) is 341 Å². The van der Waals surface area contributed by atoms with Crippen LogP contribution < -0.4 is 5.32 Å². The summed E-state index contributed by atoms with van der Waals surface area (Å²) < 4.78 is 5.49. The molecule has 0 aromatic carbocycles. The number of rotatable bonds is 57. The van der Waals surface area contributed by atoms with Crippen molar-refractivity contribution >= 4 is 11.9 Å². The zero-order chi connectivity index (χ0) is 50.0. The number of esters is 1. The van der Waals surface area contributed by atoms with E-state index >= 15 is 0 Å². The van der Waals surface area contributed by atoms with E-state index < -0.39 is 12.1 Å². The molecule has 406 valence electrons.